The van der Waals surface area contributed by atoms with Crippen LogP contribution in [0.25, 0.3) is 0 Å². The van der Waals surface area contributed by atoms with Crippen LogP contribution in [0.1, 0.15) is 32.4 Å². The van der Waals surface area contributed by atoms with Crippen molar-refractivity contribution in [2.45, 2.75) is 32.9 Å². The van der Waals surface area contributed by atoms with E-state index in [1.54, 1.807) is 0 Å². The molecule has 1 aliphatic heterocycles. The molecule has 2 rings (SSSR count). The standard InChI is InChI=1S/C17H28N2O/c1-14(2)17(16-7-5-4-6-8-16)18-15(3)13-19-9-11-20-12-10-19/h4-8,14-15,17-18H,9-13H2,1-3H3. The quantitative estimate of drug-likeness (QED) is 0.864. The van der Waals surface area contributed by atoms with Crippen LogP contribution in [0.4, 0.5) is 0 Å². The molecule has 0 amide bonds. The van der Waals surface area contributed by atoms with Crippen molar-refractivity contribution in [3.63, 3.8) is 0 Å². The topological polar surface area (TPSA) is 24.5 Å². The van der Waals surface area contributed by atoms with Crippen molar-refractivity contribution in [2.75, 3.05) is 32.8 Å². The summed E-state index contributed by atoms with van der Waals surface area (Å²) in [4.78, 5) is 2.49. The highest BCUT2D eigenvalue weighted by atomic mass is 16.5. The van der Waals surface area contributed by atoms with Gasteiger partial charge in [-0.05, 0) is 18.4 Å². The third-order valence-corrected chi connectivity index (χ3v) is 3.93. The van der Waals surface area contributed by atoms with Crippen LogP contribution < -0.4 is 5.32 Å². The lowest BCUT2D eigenvalue weighted by Crippen LogP contribution is -2.46. The van der Waals surface area contributed by atoms with Crippen LogP contribution in [0.2, 0.25) is 0 Å². The van der Waals surface area contributed by atoms with E-state index in [0.29, 0.717) is 18.0 Å². The minimum atomic E-state index is 0.423. The Balaban J connectivity index is 1.90. The van der Waals surface area contributed by atoms with E-state index in [4.69, 9.17) is 4.74 Å². The number of rotatable bonds is 6. The van der Waals surface area contributed by atoms with Crippen molar-refractivity contribution in [3.8, 4) is 0 Å². The van der Waals surface area contributed by atoms with Crippen molar-refractivity contribution in [1.29, 1.82) is 0 Å². The van der Waals surface area contributed by atoms with Crippen LogP contribution in [-0.4, -0.2) is 43.8 Å². The molecular formula is C17H28N2O. The summed E-state index contributed by atoms with van der Waals surface area (Å²) < 4.78 is 5.41. The smallest absolute Gasteiger partial charge is 0.0594 e. The zero-order chi connectivity index (χ0) is 14.4. The van der Waals surface area contributed by atoms with Gasteiger partial charge < -0.3 is 10.1 Å². The molecule has 2 unspecified atom stereocenters. The van der Waals surface area contributed by atoms with Gasteiger partial charge in [0.25, 0.3) is 0 Å². The number of hydrogen-bond donors (Lipinski definition) is 1. The third-order valence-electron chi connectivity index (χ3n) is 3.93. The van der Waals surface area contributed by atoms with Crippen LogP contribution in [-0.2, 0) is 4.74 Å². The lowest BCUT2D eigenvalue weighted by atomic mass is 9.95. The highest BCUT2D eigenvalue weighted by Gasteiger charge is 2.20. The summed E-state index contributed by atoms with van der Waals surface area (Å²) >= 11 is 0. The Morgan fingerprint density at radius 2 is 1.75 bits per heavy atom. The molecule has 1 aromatic carbocycles. The maximum absolute atomic E-state index is 5.41. The molecule has 20 heavy (non-hydrogen) atoms. The fourth-order valence-corrected chi connectivity index (χ4v) is 2.86. The van der Waals surface area contributed by atoms with Crippen molar-refractivity contribution < 1.29 is 4.74 Å². The summed E-state index contributed by atoms with van der Waals surface area (Å²) in [7, 11) is 0. The molecule has 0 bridgehead atoms. The number of nitrogens with one attached hydrogen (secondary N) is 1. The predicted octanol–water partition coefficient (Wildman–Crippen LogP) is 2.69. The molecule has 0 saturated carbocycles. The predicted molar refractivity (Wildman–Crippen MR) is 83.9 cm³/mol. The first-order valence-corrected chi connectivity index (χ1v) is 7.78. The van der Waals surface area contributed by atoms with Gasteiger partial charge in [-0.1, -0.05) is 44.2 Å². The Bertz CT molecular complexity index is 374. The summed E-state index contributed by atoms with van der Waals surface area (Å²) in [5, 5.41) is 3.80. The Morgan fingerprint density at radius 3 is 2.35 bits per heavy atom. The summed E-state index contributed by atoms with van der Waals surface area (Å²) in [5.41, 5.74) is 1.39. The van der Waals surface area contributed by atoms with Crippen molar-refractivity contribution in [2.24, 2.45) is 5.92 Å². The van der Waals surface area contributed by atoms with E-state index in [-0.39, 0.29) is 0 Å². The number of nitrogens with zero attached hydrogens (tertiary/aromatic N) is 1. The van der Waals surface area contributed by atoms with Gasteiger partial charge in [-0.25, -0.2) is 0 Å². The Labute approximate surface area is 123 Å². The molecule has 1 N–H and O–H groups in total. The largest absolute Gasteiger partial charge is 0.379 e. The van der Waals surface area contributed by atoms with E-state index >= 15 is 0 Å². The molecule has 1 heterocycles. The Hall–Kier alpha value is -0.900. The molecule has 1 saturated heterocycles. The molecule has 0 spiro atoms. The molecule has 0 aliphatic carbocycles. The van der Waals surface area contributed by atoms with E-state index in [9.17, 15) is 0 Å². The average Bonchev–Trinajstić information content (AvgIpc) is 2.46. The SMILES string of the molecule is CC(CN1CCOCC1)NC(c1ccccc1)C(C)C. The van der Waals surface area contributed by atoms with Gasteiger partial charge in [-0.15, -0.1) is 0 Å². The minimum Gasteiger partial charge on any atom is -0.379 e. The molecule has 112 valence electrons. The first kappa shape index (κ1) is 15.5. The molecule has 1 aliphatic rings. The first-order chi connectivity index (χ1) is 9.66. The van der Waals surface area contributed by atoms with E-state index < -0.39 is 0 Å². The van der Waals surface area contributed by atoms with Gasteiger partial charge in [0.15, 0.2) is 0 Å². The minimum absolute atomic E-state index is 0.423. The number of benzene rings is 1. The van der Waals surface area contributed by atoms with Gasteiger partial charge in [0.1, 0.15) is 0 Å². The molecule has 2 atom stereocenters. The van der Waals surface area contributed by atoms with Gasteiger partial charge in [-0.2, -0.15) is 0 Å². The fourth-order valence-electron chi connectivity index (χ4n) is 2.86. The molecule has 1 aromatic rings. The maximum Gasteiger partial charge on any atom is 0.0594 e. The van der Waals surface area contributed by atoms with Crippen LogP contribution in [0, 0.1) is 5.92 Å². The number of hydrogen-bond acceptors (Lipinski definition) is 3. The zero-order valence-corrected chi connectivity index (χ0v) is 13.0. The lowest BCUT2D eigenvalue weighted by molar-refractivity contribution is 0.0335. The molecule has 1 fully saturated rings. The summed E-state index contributed by atoms with van der Waals surface area (Å²) in [6, 6.07) is 11.7. The van der Waals surface area contributed by atoms with Crippen molar-refractivity contribution in [3.05, 3.63) is 35.9 Å². The monoisotopic (exact) mass is 276 g/mol. The van der Waals surface area contributed by atoms with Gasteiger partial charge in [0, 0.05) is 31.7 Å². The Morgan fingerprint density at radius 1 is 1.10 bits per heavy atom. The number of ether oxygens (including phenoxy) is 1. The summed E-state index contributed by atoms with van der Waals surface area (Å²) in [6.45, 7) is 11.8. The summed E-state index contributed by atoms with van der Waals surface area (Å²) in [6.07, 6.45) is 0. The highest BCUT2D eigenvalue weighted by molar-refractivity contribution is 5.19. The second-order valence-corrected chi connectivity index (χ2v) is 6.11. The van der Waals surface area contributed by atoms with Crippen LogP contribution in [0.15, 0.2) is 30.3 Å². The molecule has 0 aromatic heterocycles. The average molecular weight is 276 g/mol. The van der Waals surface area contributed by atoms with Crippen molar-refractivity contribution in [1.82, 2.24) is 10.2 Å². The normalized spacial score (nSPS) is 20.0. The van der Waals surface area contributed by atoms with Crippen LogP contribution in [0.5, 0.6) is 0 Å². The molecule has 3 heteroatoms. The van der Waals surface area contributed by atoms with E-state index in [0.717, 1.165) is 32.8 Å². The van der Waals surface area contributed by atoms with Gasteiger partial charge >= 0.3 is 0 Å². The maximum atomic E-state index is 5.41. The molecule has 3 nitrogen and oxygen atoms in total. The van der Waals surface area contributed by atoms with Gasteiger partial charge in [0.2, 0.25) is 0 Å². The zero-order valence-electron chi connectivity index (χ0n) is 13.0. The number of morpholine rings is 1. The molecule has 0 radical (unpaired) electrons. The van der Waals surface area contributed by atoms with Gasteiger partial charge in [0.05, 0.1) is 13.2 Å². The second-order valence-electron chi connectivity index (χ2n) is 6.11. The van der Waals surface area contributed by atoms with Crippen molar-refractivity contribution >= 4 is 0 Å². The van der Waals surface area contributed by atoms with E-state index in [2.05, 4.69) is 61.3 Å². The lowest BCUT2D eigenvalue weighted by Gasteiger charge is -2.32. The second kappa shape index (κ2) is 7.77. The molecular weight excluding hydrogens is 248 g/mol. The highest BCUT2D eigenvalue weighted by Crippen LogP contribution is 2.22. The van der Waals surface area contributed by atoms with Gasteiger partial charge in [-0.3, -0.25) is 4.90 Å². The van der Waals surface area contributed by atoms with E-state index in [1.807, 2.05) is 0 Å². The van der Waals surface area contributed by atoms with Crippen LogP contribution >= 0.6 is 0 Å². The first-order valence-electron chi connectivity index (χ1n) is 7.78. The summed E-state index contributed by atoms with van der Waals surface area (Å²) in [5.74, 6) is 0.588. The fraction of sp³-hybridized carbons (Fsp3) is 0.647. The Kier molecular flexibility index (Phi) is 6.02. The van der Waals surface area contributed by atoms with E-state index in [1.165, 1.54) is 5.56 Å². The van der Waals surface area contributed by atoms with Crippen LogP contribution in [0.3, 0.4) is 0 Å². The third kappa shape index (κ3) is 4.58.